The molecule has 2 heterocycles. The number of para-hydroxylation sites is 1. The van der Waals surface area contributed by atoms with Gasteiger partial charge in [0.05, 0.1) is 6.10 Å². The van der Waals surface area contributed by atoms with Crippen molar-refractivity contribution >= 4 is 5.69 Å². The second kappa shape index (κ2) is 6.59. The Kier molecular flexibility index (Phi) is 4.58. The molecule has 2 saturated heterocycles. The summed E-state index contributed by atoms with van der Waals surface area (Å²) in [5.41, 5.74) is 1.36. The molecule has 110 valence electrons. The molecule has 2 aliphatic rings. The second-order valence-corrected chi connectivity index (χ2v) is 6.10. The van der Waals surface area contributed by atoms with E-state index in [2.05, 4.69) is 47.5 Å². The predicted molar refractivity (Wildman–Crippen MR) is 83.2 cm³/mol. The maximum atomic E-state index is 5.77. The highest BCUT2D eigenvalue weighted by atomic mass is 16.5. The summed E-state index contributed by atoms with van der Waals surface area (Å²) in [5, 5.41) is 3.78. The SMILES string of the molecule is CC(NC1CCN(c2ccccc2)CC1)C1CCCO1. The molecular weight excluding hydrogens is 248 g/mol. The van der Waals surface area contributed by atoms with Crippen molar-refractivity contribution in [3.05, 3.63) is 30.3 Å². The standard InChI is InChI=1S/C17H26N2O/c1-14(17-8-5-13-20-17)18-15-9-11-19(12-10-15)16-6-3-2-4-7-16/h2-4,6-7,14-15,17-18H,5,8-13H2,1H3. The van der Waals surface area contributed by atoms with Crippen molar-refractivity contribution in [2.45, 2.75) is 50.8 Å². The first kappa shape index (κ1) is 13.9. The zero-order chi connectivity index (χ0) is 13.8. The molecule has 0 spiro atoms. The number of ether oxygens (including phenoxy) is 1. The van der Waals surface area contributed by atoms with Gasteiger partial charge in [0.15, 0.2) is 0 Å². The van der Waals surface area contributed by atoms with Crippen LogP contribution in [0.15, 0.2) is 30.3 Å². The van der Waals surface area contributed by atoms with Crippen molar-refractivity contribution in [2.24, 2.45) is 0 Å². The van der Waals surface area contributed by atoms with Gasteiger partial charge in [-0.05, 0) is 44.7 Å². The minimum atomic E-state index is 0.433. The molecule has 1 N–H and O–H groups in total. The van der Waals surface area contributed by atoms with Gasteiger partial charge in [0.1, 0.15) is 0 Å². The Morgan fingerprint density at radius 3 is 2.55 bits per heavy atom. The van der Waals surface area contributed by atoms with Crippen LogP contribution in [0.4, 0.5) is 5.69 Å². The molecule has 2 fully saturated rings. The maximum Gasteiger partial charge on any atom is 0.0726 e. The number of hydrogen-bond acceptors (Lipinski definition) is 3. The third-order valence-electron chi connectivity index (χ3n) is 4.64. The summed E-state index contributed by atoms with van der Waals surface area (Å²) >= 11 is 0. The molecule has 0 radical (unpaired) electrons. The average Bonchev–Trinajstić information content (AvgIpc) is 3.03. The number of rotatable bonds is 4. The molecule has 3 heteroatoms. The summed E-state index contributed by atoms with van der Waals surface area (Å²) in [6.07, 6.45) is 5.33. The zero-order valence-electron chi connectivity index (χ0n) is 12.4. The van der Waals surface area contributed by atoms with Gasteiger partial charge in [-0.3, -0.25) is 0 Å². The number of hydrogen-bond donors (Lipinski definition) is 1. The summed E-state index contributed by atoms with van der Waals surface area (Å²) in [6.45, 7) is 5.53. The fraction of sp³-hybridized carbons (Fsp3) is 0.647. The van der Waals surface area contributed by atoms with Gasteiger partial charge in [-0.2, -0.15) is 0 Å². The van der Waals surface area contributed by atoms with Crippen LogP contribution in [-0.4, -0.2) is 37.9 Å². The first-order valence-corrected chi connectivity index (χ1v) is 8.00. The normalized spacial score (nSPS) is 25.9. The Morgan fingerprint density at radius 2 is 1.90 bits per heavy atom. The number of benzene rings is 1. The Balaban J connectivity index is 1.46. The van der Waals surface area contributed by atoms with Gasteiger partial charge in [-0.15, -0.1) is 0 Å². The molecule has 1 aromatic rings. The third kappa shape index (κ3) is 3.33. The molecule has 0 aliphatic carbocycles. The van der Waals surface area contributed by atoms with Crippen LogP contribution in [0.3, 0.4) is 0 Å². The fourth-order valence-corrected chi connectivity index (χ4v) is 3.42. The Morgan fingerprint density at radius 1 is 1.15 bits per heavy atom. The summed E-state index contributed by atoms with van der Waals surface area (Å²) in [4.78, 5) is 2.49. The molecular formula is C17H26N2O. The van der Waals surface area contributed by atoms with Crippen molar-refractivity contribution in [2.75, 3.05) is 24.6 Å². The lowest BCUT2D eigenvalue weighted by Crippen LogP contribution is -2.48. The summed E-state index contributed by atoms with van der Waals surface area (Å²) in [5.74, 6) is 0. The van der Waals surface area contributed by atoms with Crippen molar-refractivity contribution in [3.63, 3.8) is 0 Å². The van der Waals surface area contributed by atoms with E-state index in [4.69, 9.17) is 4.74 Å². The van der Waals surface area contributed by atoms with E-state index in [9.17, 15) is 0 Å². The largest absolute Gasteiger partial charge is 0.377 e. The van der Waals surface area contributed by atoms with Gasteiger partial charge in [0, 0.05) is 37.5 Å². The van der Waals surface area contributed by atoms with Crippen molar-refractivity contribution in [1.29, 1.82) is 0 Å². The highest BCUT2D eigenvalue weighted by Crippen LogP contribution is 2.21. The smallest absolute Gasteiger partial charge is 0.0726 e. The summed E-state index contributed by atoms with van der Waals surface area (Å²) in [7, 11) is 0. The van der Waals surface area contributed by atoms with Crippen molar-refractivity contribution in [3.8, 4) is 0 Å². The number of nitrogens with zero attached hydrogens (tertiary/aromatic N) is 1. The molecule has 1 aromatic carbocycles. The molecule has 2 unspecified atom stereocenters. The third-order valence-corrected chi connectivity index (χ3v) is 4.64. The van der Waals surface area contributed by atoms with Crippen LogP contribution in [0.5, 0.6) is 0 Å². The van der Waals surface area contributed by atoms with Gasteiger partial charge in [0.25, 0.3) is 0 Å². The van der Waals surface area contributed by atoms with Crippen LogP contribution in [0.2, 0.25) is 0 Å². The van der Waals surface area contributed by atoms with Crippen LogP contribution >= 0.6 is 0 Å². The Labute approximate surface area is 122 Å². The molecule has 0 aromatic heterocycles. The molecule has 2 aliphatic heterocycles. The maximum absolute atomic E-state index is 5.77. The van der Waals surface area contributed by atoms with Gasteiger partial charge >= 0.3 is 0 Å². The van der Waals surface area contributed by atoms with E-state index in [-0.39, 0.29) is 0 Å². The quantitative estimate of drug-likeness (QED) is 0.913. The van der Waals surface area contributed by atoms with E-state index in [1.165, 1.54) is 31.4 Å². The highest BCUT2D eigenvalue weighted by molar-refractivity contribution is 5.46. The van der Waals surface area contributed by atoms with E-state index in [0.717, 1.165) is 19.7 Å². The lowest BCUT2D eigenvalue weighted by molar-refractivity contribution is 0.0783. The van der Waals surface area contributed by atoms with Crippen LogP contribution in [0.1, 0.15) is 32.6 Å². The Bertz CT molecular complexity index is 395. The number of nitrogens with one attached hydrogen (secondary N) is 1. The van der Waals surface area contributed by atoms with Crippen LogP contribution < -0.4 is 10.2 Å². The predicted octanol–water partition coefficient (Wildman–Crippen LogP) is 2.81. The van der Waals surface area contributed by atoms with E-state index < -0.39 is 0 Å². The molecule has 3 nitrogen and oxygen atoms in total. The van der Waals surface area contributed by atoms with Crippen molar-refractivity contribution < 1.29 is 4.74 Å². The monoisotopic (exact) mass is 274 g/mol. The van der Waals surface area contributed by atoms with Crippen LogP contribution in [0, 0.1) is 0 Å². The first-order chi connectivity index (χ1) is 9.83. The van der Waals surface area contributed by atoms with Crippen LogP contribution in [0.25, 0.3) is 0 Å². The molecule has 20 heavy (non-hydrogen) atoms. The van der Waals surface area contributed by atoms with E-state index in [1.807, 2.05) is 0 Å². The first-order valence-electron chi connectivity index (χ1n) is 8.00. The van der Waals surface area contributed by atoms with Gasteiger partial charge in [-0.1, -0.05) is 18.2 Å². The van der Waals surface area contributed by atoms with E-state index in [0.29, 0.717) is 18.2 Å². The average molecular weight is 274 g/mol. The zero-order valence-corrected chi connectivity index (χ0v) is 12.4. The number of piperidine rings is 1. The Hall–Kier alpha value is -1.06. The van der Waals surface area contributed by atoms with E-state index >= 15 is 0 Å². The van der Waals surface area contributed by atoms with Crippen LogP contribution in [-0.2, 0) is 4.74 Å². The highest BCUT2D eigenvalue weighted by Gasteiger charge is 2.26. The second-order valence-electron chi connectivity index (χ2n) is 6.10. The summed E-state index contributed by atoms with van der Waals surface area (Å²) < 4.78 is 5.77. The topological polar surface area (TPSA) is 24.5 Å². The van der Waals surface area contributed by atoms with Gasteiger partial charge in [0.2, 0.25) is 0 Å². The molecule has 0 amide bonds. The minimum absolute atomic E-state index is 0.433. The lowest BCUT2D eigenvalue weighted by atomic mass is 10.0. The lowest BCUT2D eigenvalue weighted by Gasteiger charge is -2.36. The van der Waals surface area contributed by atoms with Gasteiger partial charge in [-0.25, -0.2) is 0 Å². The minimum Gasteiger partial charge on any atom is -0.377 e. The number of anilines is 1. The van der Waals surface area contributed by atoms with E-state index in [1.54, 1.807) is 0 Å². The van der Waals surface area contributed by atoms with Crippen molar-refractivity contribution in [1.82, 2.24) is 5.32 Å². The fourth-order valence-electron chi connectivity index (χ4n) is 3.42. The molecule has 0 saturated carbocycles. The molecule has 2 atom stereocenters. The molecule has 3 rings (SSSR count). The molecule has 0 bridgehead atoms. The summed E-state index contributed by atoms with van der Waals surface area (Å²) in [6, 6.07) is 11.9. The van der Waals surface area contributed by atoms with Gasteiger partial charge < -0.3 is 15.0 Å².